The van der Waals surface area contributed by atoms with E-state index in [0.29, 0.717) is 11.1 Å². The Labute approximate surface area is 249 Å². The highest BCUT2D eigenvalue weighted by molar-refractivity contribution is 5.99. The predicted molar refractivity (Wildman–Crippen MR) is 159 cm³/mol. The third kappa shape index (κ3) is 9.53. The van der Waals surface area contributed by atoms with Crippen molar-refractivity contribution < 1.29 is 47.7 Å². The SMILES string of the molecule is C=C(C)C(=O)Oc1cc(OC(=O)C(=C)C)cc(/C(C)=C(\C)C(=O)Oc2ccc(OC(=O)C(=C)C)cc2OC(=O)C(=C)C)c1. The third-order valence-electron chi connectivity index (χ3n) is 5.53. The minimum atomic E-state index is -0.832. The number of benzene rings is 2. The number of hydrogen-bond donors (Lipinski definition) is 0. The molecule has 0 bridgehead atoms. The molecule has 0 heterocycles. The largest absolute Gasteiger partial charge is 0.423 e. The summed E-state index contributed by atoms with van der Waals surface area (Å²) in [6, 6.07) is 8.10. The van der Waals surface area contributed by atoms with E-state index < -0.39 is 29.8 Å². The molecule has 2 aromatic rings. The zero-order valence-electron chi connectivity index (χ0n) is 24.9. The van der Waals surface area contributed by atoms with Crippen molar-refractivity contribution in [3.63, 3.8) is 0 Å². The second-order valence-corrected chi connectivity index (χ2v) is 9.62. The van der Waals surface area contributed by atoms with Crippen LogP contribution >= 0.6 is 0 Å². The van der Waals surface area contributed by atoms with Gasteiger partial charge in [0, 0.05) is 40.0 Å². The van der Waals surface area contributed by atoms with Crippen LogP contribution in [0.25, 0.3) is 5.57 Å². The van der Waals surface area contributed by atoms with Gasteiger partial charge < -0.3 is 23.7 Å². The first-order valence-electron chi connectivity index (χ1n) is 12.7. The van der Waals surface area contributed by atoms with Crippen molar-refractivity contribution in [1.82, 2.24) is 0 Å². The van der Waals surface area contributed by atoms with E-state index in [9.17, 15) is 24.0 Å². The molecule has 0 aliphatic carbocycles. The second kappa shape index (κ2) is 14.4. The molecule has 10 heteroatoms. The lowest BCUT2D eigenvalue weighted by molar-refractivity contribution is -0.132. The molecular weight excluding hydrogens is 556 g/mol. The molecule has 224 valence electrons. The number of carbonyl (C=O) groups excluding carboxylic acids is 5. The Bertz CT molecular complexity index is 1560. The van der Waals surface area contributed by atoms with Crippen molar-refractivity contribution in [2.45, 2.75) is 41.5 Å². The average molecular weight is 589 g/mol. The number of esters is 5. The van der Waals surface area contributed by atoms with Crippen LogP contribution in [0.1, 0.15) is 47.1 Å². The summed E-state index contributed by atoms with van der Waals surface area (Å²) in [5.74, 6) is -4.04. The minimum absolute atomic E-state index is 0.0127. The summed E-state index contributed by atoms with van der Waals surface area (Å²) in [4.78, 5) is 61.7. The van der Waals surface area contributed by atoms with E-state index >= 15 is 0 Å². The van der Waals surface area contributed by atoms with Gasteiger partial charge in [-0.15, -0.1) is 0 Å². The molecule has 0 radical (unpaired) electrons. The Hall–Kier alpha value is -5.51. The van der Waals surface area contributed by atoms with Crippen LogP contribution in [-0.2, 0) is 24.0 Å². The Morgan fingerprint density at radius 3 is 1.30 bits per heavy atom. The lowest BCUT2D eigenvalue weighted by Crippen LogP contribution is -2.14. The summed E-state index contributed by atoms with van der Waals surface area (Å²) in [5.41, 5.74) is 1.34. The molecule has 0 atom stereocenters. The third-order valence-corrected chi connectivity index (χ3v) is 5.53. The Balaban J connectivity index is 2.51. The van der Waals surface area contributed by atoms with E-state index in [2.05, 4.69) is 26.3 Å². The van der Waals surface area contributed by atoms with E-state index in [1.165, 1.54) is 71.0 Å². The van der Waals surface area contributed by atoms with Crippen molar-refractivity contribution in [3.05, 3.63) is 96.1 Å². The van der Waals surface area contributed by atoms with Crippen LogP contribution < -0.4 is 23.7 Å². The van der Waals surface area contributed by atoms with Gasteiger partial charge in [-0.1, -0.05) is 26.3 Å². The van der Waals surface area contributed by atoms with Gasteiger partial charge in [0.05, 0.1) is 0 Å². The summed E-state index contributed by atoms with van der Waals surface area (Å²) < 4.78 is 26.7. The summed E-state index contributed by atoms with van der Waals surface area (Å²) in [6.45, 7) is 23.1. The van der Waals surface area contributed by atoms with Gasteiger partial charge in [-0.3, -0.25) is 0 Å². The van der Waals surface area contributed by atoms with Crippen molar-refractivity contribution in [2.24, 2.45) is 0 Å². The first-order chi connectivity index (χ1) is 20.0. The molecular formula is C33H32O10. The Morgan fingerprint density at radius 2 is 0.860 bits per heavy atom. The van der Waals surface area contributed by atoms with Gasteiger partial charge in [0.25, 0.3) is 0 Å². The highest BCUT2D eigenvalue weighted by Gasteiger charge is 2.20. The molecule has 0 aromatic heterocycles. The van der Waals surface area contributed by atoms with E-state index in [0.717, 1.165) is 0 Å². The average Bonchev–Trinajstić information content (AvgIpc) is 2.92. The summed E-state index contributed by atoms with van der Waals surface area (Å²) in [5, 5.41) is 0. The van der Waals surface area contributed by atoms with Gasteiger partial charge in [0.1, 0.15) is 17.2 Å². The zero-order valence-corrected chi connectivity index (χ0v) is 24.9. The van der Waals surface area contributed by atoms with Gasteiger partial charge >= 0.3 is 29.8 Å². The Morgan fingerprint density at radius 1 is 0.465 bits per heavy atom. The molecule has 2 aromatic carbocycles. The van der Waals surface area contributed by atoms with Crippen molar-refractivity contribution in [3.8, 4) is 28.7 Å². The van der Waals surface area contributed by atoms with E-state index in [4.69, 9.17) is 23.7 Å². The normalized spacial score (nSPS) is 10.8. The molecule has 0 saturated heterocycles. The maximum atomic E-state index is 13.2. The second-order valence-electron chi connectivity index (χ2n) is 9.62. The first-order valence-corrected chi connectivity index (χ1v) is 12.7. The van der Waals surface area contributed by atoms with Crippen LogP contribution in [0.5, 0.6) is 28.7 Å². The van der Waals surface area contributed by atoms with Gasteiger partial charge in [-0.25, -0.2) is 24.0 Å². The van der Waals surface area contributed by atoms with Crippen molar-refractivity contribution >= 4 is 35.4 Å². The molecule has 0 aliphatic rings. The maximum Gasteiger partial charge on any atom is 0.339 e. The molecule has 2 rings (SSSR count). The van der Waals surface area contributed by atoms with Gasteiger partial charge in [0.15, 0.2) is 11.5 Å². The number of carbonyl (C=O) groups is 5. The topological polar surface area (TPSA) is 132 Å². The summed E-state index contributed by atoms with van der Waals surface area (Å²) in [6.07, 6.45) is 0. The maximum absolute atomic E-state index is 13.2. The minimum Gasteiger partial charge on any atom is -0.423 e. The van der Waals surface area contributed by atoms with Crippen molar-refractivity contribution in [2.75, 3.05) is 0 Å². The first kappa shape index (κ1) is 33.7. The number of allylic oxidation sites excluding steroid dienone is 1. The van der Waals surface area contributed by atoms with Crippen LogP contribution in [-0.4, -0.2) is 29.8 Å². The van der Waals surface area contributed by atoms with E-state index in [-0.39, 0.29) is 56.6 Å². The fourth-order valence-corrected chi connectivity index (χ4v) is 2.94. The monoisotopic (exact) mass is 588 g/mol. The summed E-state index contributed by atoms with van der Waals surface area (Å²) >= 11 is 0. The molecule has 0 unspecified atom stereocenters. The molecule has 0 saturated carbocycles. The number of rotatable bonds is 11. The Kier molecular flexibility index (Phi) is 11.3. The molecule has 0 spiro atoms. The van der Waals surface area contributed by atoms with Gasteiger partial charge in [0.2, 0.25) is 0 Å². The quantitative estimate of drug-likeness (QED) is 0.175. The van der Waals surface area contributed by atoms with Gasteiger partial charge in [-0.05, 0) is 76.9 Å². The number of hydrogen-bond acceptors (Lipinski definition) is 10. The lowest BCUT2D eigenvalue weighted by Gasteiger charge is -2.15. The van der Waals surface area contributed by atoms with Crippen LogP contribution in [0, 0.1) is 0 Å². The van der Waals surface area contributed by atoms with Gasteiger partial charge in [-0.2, -0.15) is 0 Å². The van der Waals surface area contributed by atoms with Crippen LogP contribution in [0.3, 0.4) is 0 Å². The lowest BCUT2D eigenvalue weighted by atomic mass is 10.0. The van der Waals surface area contributed by atoms with E-state index in [1.807, 2.05) is 0 Å². The van der Waals surface area contributed by atoms with Crippen LogP contribution in [0.15, 0.2) is 90.6 Å². The number of ether oxygens (including phenoxy) is 5. The highest BCUT2D eigenvalue weighted by atomic mass is 16.6. The smallest absolute Gasteiger partial charge is 0.339 e. The molecule has 0 N–H and O–H groups in total. The highest BCUT2D eigenvalue weighted by Crippen LogP contribution is 2.34. The molecule has 0 aliphatic heterocycles. The molecule has 10 nitrogen and oxygen atoms in total. The van der Waals surface area contributed by atoms with Crippen molar-refractivity contribution in [1.29, 1.82) is 0 Å². The predicted octanol–water partition coefficient (Wildman–Crippen LogP) is 6.01. The standard InChI is InChI=1S/C33H32O10/c1-17(2)29(34)39-24-11-12-27(28(16-24)43-32(37)20(7)8)42-33(38)22(10)21(9)23-13-25(40-30(35)18(3)4)15-26(14-23)41-31(36)19(5)6/h11-16H,1,3,5,7H2,2,4,6,8-10H3/b22-21+. The fraction of sp³-hybridized carbons (Fsp3) is 0.182. The summed E-state index contributed by atoms with van der Waals surface area (Å²) in [7, 11) is 0. The molecule has 0 amide bonds. The van der Waals surface area contributed by atoms with E-state index in [1.54, 1.807) is 6.92 Å². The van der Waals surface area contributed by atoms with Crippen LogP contribution in [0.2, 0.25) is 0 Å². The zero-order chi connectivity index (χ0) is 32.6. The van der Waals surface area contributed by atoms with Crippen LogP contribution in [0.4, 0.5) is 0 Å². The molecule has 0 fully saturated rings. The molecule has 43 heavy (non-hydrogen) atoms. The fourth-order valence-electron chi connectivity index (χ4n) is 2.94.